The zero-order valence-electron chi connectivity index (χ0n) is 20.5. The molecule has 4 aromatic rings. The highest BCUT2D eigenvalue weighted by Gasteiger charge is 2.31. The van der Waals surface area contributed by atoms with Gasteiger partial charge in [0.1, 0.15) is 17.7 Å². The van der Waals surface area contributed by atoms with Crippen LogP contribution in [0, 0.1) is 0 Å². The van der Waals surface area contributed by atoms with Crippen molar-refractivity contribution < 1.29 is 31.5 Å². The number of hydrogen-bond acceptors (Lipinski definition) is 7. The third kappa shape index (κ3) is 7.09. The summed E-state index contributed by atoms with van der Waals surface area (Å²) in [6, 6.07) is 11.2. The number of nitrogens with zero attached hydrogens (tertiary/aromatic N) is 2. The van der Waals surface area contributed by atoms with Gasteiger partial charge in [0.2, 0.25) is 10.0 Å². The fraction of sp³-hybridized carbons (Fsp3) is 0.154. The monoisotopic (exact) mass is 573 g/mol. The summed E-state index contributed by atoms with van der Waals surface area (Å²) in [4.78, 5) is 34.8. The summed E-state index contributed by atoms with van der Waals surface area (Å²) >= 11 is 0. The van der Waals surface area contributed by atoms with Crippen molar-refractivity contribution in [3.05, 3.63) is 100 Å². The highest BCUT2D eigenvalue weighted by Crippen LogP contribution is 2.29. The Hall–Kier alpha value is -4.56. The maximum absolute atomic E-state index is 12.8. The average molecular weight is 574 g/mol. The third-order valence-corrected chi connectivity index (χ3v) is 7.13. The van der Waals surface area contributed by atoms with Crippen LogP contribution >= 0.6 is 0 Å². The zero-order valence-corrected chi connectivity index (χ0v) is 21.3. The first-order valence-corrected chi connectivity index (χ1v) is 13.2. The Labute approximate surface area is 225 Å². The van der Waals surface area contributed by atoms with Crippen molar-refractivity contribution in [3.63, 3.8) is 0 Å². The van der Waals surface area contributed by atoms with Gasteiger partial charge < -0.3 is 15.4 Å². The molecule has 0 amide bonds. The number of carboxylic acid groups (broad SMARTS) is 1. The summed E-state index contributed by atoms with van der Waals surface area (Å²) in [7, 11) is -4.51. The SMILES string of the molecule is O=C(O)[C@H](Cc1nc2ccc(C=CCNc3ccccn3)cc2c(=O)[nH]1)NS(=O)(=O)c1ccc(C(F)(F)F)cc1. The van der Waals surface area contributed by atoms with E-state index in [-0.39, 0.29) is 16.7 Å². The first-order valence-electron chi connectivity index (χ1n) is 11.7. The van der Waals surface area contributed by atoms with Gasteiger partial charge in [0.15, 0.2) is 0 Å². The van der Waals surface area contributed by atoms with Gasteiger partial charge in [-0.3, -0.25) is 9.59 Å². The molecular formula is C26H22F3N5O5S. The molecule has 10 nitrogen and oxygen atoms in total. The molecule has 0 aliphatic rings. The molecule has 2 heterocycles. The molecule has 0 spiro atoms. The summed E-state index contributed by atoms with van der Waals surface area (Å²) in [5.41, 5.74) is -0.643. The maximum atomic E-state index is 12.8. The number of aromatic amines is 1. The molecule has 0 fully saturated rings. The summed E-state index contributed by atoms with van der Waals surface area (Å²) in [5, 5.41) is 12.9. The predicted molar refractivity (Wildman–Crippen MR) is 141 cm³/mol. The van der Waals surface area contributed by atoms with Crippen molar-refractivity contribution in [2.75, 3.05) is 11.9 Å². The van der Waals surface area contributed by atoms with Gasteiger partial charge in [0, 0.05) is 19.2 Å². The van der Waals surface area contributed by atoms with Gasteiger partial charge in [-0.15, -0.1) is 0 Å². The van der Waals surface area contributed by atoms with Crippen LogP contribution in [0.1, 0.15) is 17.0 Å². The number of sulfonamides is 1. The number of aliphatic carboxylic acids is 1. The smallest absolute Gasteiger partial charge is 0.416 e. The van der Waals surface area contributed by atoms with E-state index in [1.165, 1.54) is 0 Å². The van der Waals surface area contributed by atoms with E-state index < -0.39 is 50.6 Å². The van der Waals surface area contributed by atoms with E-state index in [1.54, 1.807) is 36.5 Å². The topological polar surface area (TPSA) is 154 Å². The van der Waals surface area contributed by atoms with Crippen LogP contribution in [-0.4, -0.2) is 47.0 Å². The Morgan fingerprint density at radius 3 is 2.50 bits per heavy atom. The summed E-state index contributed by atoms with van der Waals surface area (Å²) in [6.45, 7) is 0.488. The number of halogens is 3. The van der Waals surface area contributed by atoms with E-state index in [4.69, 9.17) is 0 Å². The zero-order chi connectivity index (χ0) is 28.9. The minimum absolute atomic E-state index is 0.0946. The fourth-order valence-corrected chi connectivity index (χ4v) is 4.87. The van der Waals surface area contributed by atoms with Gasteiger partial charge in [-0.05, 0) is 54.1 Å². The molecule has 0 saturated heterocycles. The molecule has 4 rings (SSSR count). The van der Waals surface area contributed by atoms with Crippen molar-refractivity contribution >= 4 is 38.8 Å². The average Bonchev–Trinajstić information content (AvgIpc) is 2.91. The number of rotatable bonds is 10. The number of hydrogen-bond donors (Lipinski definition) is 4. The first-order chi connectivity index (χ1) is 18.9. The summed E-state index contributed by atoms with van der Waals surface area (Å²) < 4.78 is 65.6. The van der Waals surface area contributed by atoms with Crippen LogP contribution in [0.25, 0.3) is 17.0 Å². The highest BCUT2D eigenvalue weighted by atomic mass is 32.2. The Morgan fingerprint density at radius 1 is 1.10 bits per heavy atom. The van der Waals surface area contributed by atoms with Crippen LogP contribution in [0.3, 0.4) is 0 Å². The third-order valence-electron chi connectivity index (χ3n) is 5.64. The van der Waals surface area contributed by atoms with Crippen LogP contribution in [-0.2, 0) is 27.4 Å². The number of carbonyl (C=O) groups is 1. The number of carboxylic acids is 1. The molecular weight excluding hydrogens is 551 g/mol. The first kappa shape index (κ1) is 28.4. The minimum Gasteiger partial charge on any atom is -0.480 e. The van der Waals surface area contributed by atoms with Gasteiger partial charge in [-0.1, -0.05) is 24.3 Å². The molecule has 14 heteroatoms. The molecule has 0 bridgehead atoms. The van der Waals surface area contributed by atoms with Crippen molar-refractivity contribution in [1.82, 2.24) is 19.7 Å². The predicted octanol–water partition coefficient (Wildman–Crippen LogP) is 3.44. The molecule has 40 heavy (non-hydrogen) atoms. The van der Waals surface area contributed by atoms with Crippen LogP contribution < -0.4 is 15.6 Å². The van der Waals surface area contributed by atoms with Crippen LogP contribution in [0.4, 0.5) is 19.0 Å². The second-order valence-electron chi connectivity index (χ2n) is 8.53. The van der Waals surface area contributed by atoms with Crippen LogP contribution in [0.5, 0.6) is 0 Å². The largest absolute Gasteiger partial charge is 0.480 e. The lowest BCUT2D eigenvalue weighted by Gasteiger charge is -2.15. The Kier molecular flexibility index (Phi) is 8.30. The maximum Gasteiger partial charge on any atom is 0.416 e. The lowest BCUT2D eigenvalue weighted by atomic mass is 10.1. The number of anilines is 1. The van der Waals surface area contributed by atoms with Crippen molar-refractivity contribution in [2.45, 2.75) is 23.5 Å². The minimum atomic E-state index is -4.67. The number of alkyl halides is 3. The Balaban J connectivity index is 1.48. The number of nitrogens with one attached hydrogen (secondary N) is 3. The number of fused-ring (bicyclic) bond motifs is 1. The van der Waals surface area contributed by atoms with Gasteiger partial charge in [0.25, 0.3) is 5.56 Å². The van der Waals surface area contributed by atoms with E-state index in [0.717, 1.165) is 12.1 Å². The molecule has 1 atom stereocenters. The van der Waals surface area contributed by atoms with Crippen molar-refractivity contribution in [1.29, 1.82) is 0 Å². The Bertz CT molecular complexity index is 1710. The van der Waals surface area contributed by atoms with Gasteiger partial charge in [0.05, 0.1) is 21.4 Å². The Morgan fingerprint density at radius 2 is 1.85 bits per heavy atom. The molecule has 208 valence electrons. The molecule has 2 aromatic carbocycles. The molecule has 4 N–H and O–H groups in total. The van der Waals surface area contributed by atoms with E-state index >= 15 is 0 Å². The number of aromatic nitrogens is 3. The lowest BCUT2D eigenvalue weighted by molar-refractivity contribution is -0.139. The number of pyridine rings is 1. The second kappa shape index (κ2) is 11.7. The van der Waals surface area contributed by atoms with Crippen molar-refractivity contribution in [3.8, 4) is 0 Å². The standard InChI is InChI=1S/C26H22F3N5O5S/c27-26(28,29)17-7-9-18(10-8-17)40(38,39)34-21(25(36)37)15-23-32-20-11-6-16(14-19(20)24(35)33-23)4-3-13-31-22-5-1-2-12-30-22/h1-12,14,21,34H,13,15H2,(H,30,31)(H,36,37)(H,32,33,35)/t21-/m0/s1. The molecule has 0 radical (unpaired) electrons. The second-order valence-corrected chi connectivity index (χ2v) is 10.2. The van der Waals surface area contributed by atoms with Crippen molar-refractivity contribution in [2.24, 2.45) is 0 Å². The summed E-state index contributed by atoms with van der Waals surface area (Å²) in [5.74, 6) is -0.957. The molecule has 2 aromatic heterocycles. The van der Waals surface area contributed by atoms with E-state index in [9.17, 15) is 36.3 Å². The molecule has 0 aliphatic carbocycles. The van der Waals surface area contributed by atoms with Crippen LogP contribution in [0.15, 0.2) is 82.6 Å². The van der Waals surface area contributed by atoms with E-state index in [2.05, 4.69) is 20.3 Å². The number of H-pyrrole nitrogens is 1. The van der Waals surface area contributed by atoms with Gasteiger partial charge in [-0.2, -0.15) is 17.9 Å². The number of benzene rings is 2. The van der Waals surface area contributed by atoms with Crippen LogP contribution in [0.2, 0.25) is 0 Å². The molecule has 0 unspecified atom stereocenters. The van der Waals surface area contributed by atoms with Gasteiger partial charge >= 0.3 is 12.1 Å². The summed E-state index contributed by atoms with van der Waals surface area (Å²) in [6.07, 6.45) is 0.101. The van der Waals surface area contributed by atoms with E-state index in [0.29, 0.717) is 30.1 Å². The quantitative estimate of drug-likeness (QED) is 0.225. The fourth-order valence-electron chi connectivity index (χ4n) is 3.68. The normalized spacial score (nSPS) is 13.0. The highest BCUT2D eigenvalue weighted by molar-refractivity contribution is 7.89. The lowest BCUT2D eigenvalue weighted by Crippen LogP contribution is -2.42. The van der Waals surface area contributed by atoms with E-state index in [1.807, 2.05) is 22.9 Å². The molecule has 0 saturated carbocycles. The van der Waals surface area contributed by atoms with Gasteiger partial charge in [-0.25, -0.2) is 18.4 Å². The molecule has 0 aliphatic heterocycles.